The quantitative estimate of drug-likeness (QED) is 0.704. The molecule has 0 bridgehead atoms. The first-order chi connectivity index (χ1) is 8.56. The van der Waals surface area contributed by atoms with Gasteiger partial charge in [-0.3, -0.25) is 4.79 Å². The molecule has 0 aliphatic heterocycles. The topological polar surface area (TPSA) is 107 Å². The molecule has 1 aromatic heterocycles. The second kappa shape index (κ2) is 4.79. The van der Waals surface area contributed by atoms with E-state index in [-0.39, 0.29) is 0 Å². The average molecular weight is 246 g/mol. The van der Waals surface area contributed by atoms with Crippen LogP contribution in [-0.4, -0.2) is 11.1 Å². The molecule has 94 valence electrons. The number of anilines is 2. The van der Waals surface area contributed by atoms with E-state index >= 15 is 0 Å². The van der Waals surface area contributed by atoms with Gasteiger partial charge in [0.25, 0.3) is 5.91 Å². The van der Waals surface area contributed by atoms with Crippen LogP contribution in [0.15, 0.2) is 28.8 Å². The highest BCUT2D eigenvalue weighted by Crippen LogP contribution is 2.19. The summed E-state index contributed by atoms with van der Waals surface area (Å²) in [5.41, 5.74) is 13.2. The number of nitrogens with two attached hydrogens (primary N) is 2. The van der Waals surface area contributed by atoms with Crippen LogP contribution in [0.4, 0.5) is 11.4 Å². The first-order valence-electron chi connectivity index (χ1n) is 5.41. The van der Waals surface area contributed by atoms with Gasteiger partial charge in [-0.15, -0.1) is 0 Å². The number of benzene rings is 1. The molecular formula is C12H14N4O2. The first kappa shape index (κ1) is 12.0. The third-order valence-corrected chi connectivity index (χ3v) is 2.45. The molecular weight excluding hydrogens is 232 g/mol. The number of rotatable bonds is 4. The number of nitrogens with one attached hydrogen (secondary N) is 1. The summed E-state index contributed by atoms with van der Waals surface area (Å²) in [6.45, 7) is 2.24. The Bertz CT molecular complexity index is 577. The fraction of sp³-hybridized carbons (Fsp3) is 0.167. The molecule has 6 heteroatoms. The van der Waals surface area contributed by atoms with Crippen molar-refractivity contribution < 1.29 is 9.32 Å². The molecule has 0 unspecified atom stereocenters. The number of hydrogen-bond acceptors (Lipinski definition) is 5. The summed E-state index contributed by atoms with van der Waals surface area (Å²) in [5, 5.41) is 6.90. The van der Waals surface area contributed by atoms with Crippen molar-refractivity contribution in [1.29, 1.82) is 0 Å². The molecule has 6 nitrogen and oxygen atoms in total. The molecule has 1 amide bonds. The van der Waals surface area contributed by atoms with E-state index in [4.69, 9.17) is 16.0 Å². The minimum absolute atomic E-state index is 0.393. The highest BCUT2D eigenvalue weighted by molar-refractivity contribution is 5.99. The second-order valence-corrected chi connectivity index (χ2v) is 3.95. The summed E-state index contributed by atoms with van der Waals surface area (Å²) in [6.07, 6.45) is 0. The van der Waals surface area contributed by atoms with Gasteiger partial charge in [0.05, 0.1) is 12.1 Å². The average Bonchev–Trinajstić information content (AvgIpc) is 2.72. The van der Waals surface area contributed by atoms with Gasteiger partial charge in [0.1, 0.15) is 11.5 Å². The van der Waals surface area contributed by atoms with Gasteiger partial charge in [0.2, 0.25) is 0 Å². The van der Waals surface area contributed by atoms with Crippen molar-refractivity contribution in [2.75, 3.05) is 11.1 Å². The summed E-state index contributed by atoms with van der Waals surface area (Å²) < 4.78 is 4.95. The smallest absolute Gasteiger partial charge is 0.250 e. The lowest BCUT2D eigenvalue weighted by molar-refractivity contribution is 0.100. The van der Waals surface area contributed by atoms with Gasteiger partial charge in [0, 0.05) is 17.4 Å². The molecule has 1 heterocycles. The highest BCUT2D eigenvalue weighted by atomic mass is 16.5. The van der Waals surface area contributed by atoms with Gasteiger partial charge >= 0.3 is 0 Å². The van der Waals surface area contributed by atoms with Gasteiger partial charge in [-0.1, -0.05) is 5.16 Å². The maximum absolute atomic E-state index is 11.3. The number of aromatic nitrogens is 1. The highest BCUT2D eigenvalue weighted by Gasteiger charge is 2.09. The van der Waals surface area contributed by atoms with Gasteiger partial charge in [-0.25, -0.2) is 0 Å². The fourth-order valence-corrected chi connectivity index (χ4v) is 1.61. The van der Waals surface area contributed by atoms with E-state index in [9.17, 15) is 4.79 Å². The van der Waals surface area contributed by atoms with Gasteiger partial charge in [-0.2, -0.15) is 0 Å². The van der Waals surface area contributed by atoms with Crippen molar-refractivity contribution in [3.63, 3.8) is 0 Å². The lowest BCUT2D eigenvalue weighted by atomic mass is 10.1. The number of aryl methyl sites for hydroxylation is 1. The SMILES string of the molecule is Cc1cc(CNc2cc(N)ccc2C(N)=O)no1. The van der Waals surface area contributed by atoms with Gasteiger partial charge in [-0.05, 0) is 25.1 Å². The minimum atomic E-state index is -0.506. The number of carbonyl (C=O) groups is 1. The lowest BCUT2D eigenvalue weighted by Gasteiger charge is -2.09. The predicted octanol–water partition coefficient (Wildman–Crippen LogP) is 1.28. The number of nitrogens with zero attached hydrogens (tertiary/aromatic N) is 1. The van der Waals surface area contributed by atoms with Crippen LogP contribution < -0.4 is 16.8 Å². The van der Waals surface area contributed by atoms with Crippen LogP contribution >= 0.6 is 0 Å². The van der Waals surface area contributed by atoms with Crippen LogP contribution in [0.2, 0.25) is 0 Å². The van der Waals surface area contributed by atoms with E-state index in [1.54, 1.807) is 18.2 Å². The molecule has 2 aromatic rings. The number of hydrogen-bond donors (Lipinski definition) is 3. The normalized spacial score (nSPS) is 10.3. The standard InChI is InChI=1S/C12H14N4O2/c1-7-4-9(16-18-7)6-15-11-5-8(13)2-3-10(11)12(14)17/h2-5,15H,6,13H2,1H3,(H2,14,17). The zero-order valence-corrected chi connectivity index (χ0v) is 9.93. The Morgan fingerprint density at radius 2 is 2.22 bits per heavy atom. The van der Waals surface area contributed by atoms with Crippen molar-refractivity contribution in [2.45, 2.75) is 13.5 Å². The zero-order chi connectivity index (χ0) is 13.1. The first-order valence-corrected chi connectivity index (χ1v) is 5.41. The number of carbonyl (C=O) groups excluding carboxylic acids is 1. The Morgan fingerprint density at radius 1 is 1.44 bits per heavy atom. The van der Waals surface area contributed by atoms with Crippen molar-refractivity contribution in [1.82, 2.24) is 5.16 Å². The van der Waals surface area contributed by atoms with E-state index in [2.05, 4.69) is 10.5 Å². The molecule has 5 N–H and O–H groups in total. The van der Waals surface area contributed by atoms with Crippen LogP contribution in [0.1, 0.15) is 21.8 Å². The number of amides is 1. The lowest BCUT2D eigenvalue weighted by Crippen LogP contribution is -2.14. The Balaban J connectivity index is 2.17. The molecule has 0 spiro atoms. The molecule has 0 atom stereocenters. The zero-order valence-electron chi connectivity index (χ0n) is 9.93. The van der Waals surface area contributed by atoms with Gasteiger partial charge < -0.3 is 21.3 Å². The molecule has 0 aliphatic carbocycles. The van der Waals surface area contributed by atoms with Crippen LogP contribution in [0, 0.1) is 6.92 Å². The maximum atomic E-state index is 11.3. The largest absolute Gasteiger partial charge is 0.399 e. The molecule has 0 radical (unpaired) electrons. The molecule has 0 saturated heterocycles. The Hall–Kier alpha value is -2.50. The third-order valence-electron chi connectivity index (χ3n) is 2.45. The van der Waals surface area contributed by atoms with E-state index in [1.165, 1.54) is 0 Å². The van der Waals surface area contributed by atoms with Crippen LogP contribution in [-0.2, 0) is 6.54 Å². The summed E-state index contributed by atoms with van der Waals surface area (Å²) >= 11 is 0. The second-order valence-electron chi connectivity index (χ2n) is 3.95. The molecule has 1 aromatic carbocycles. The summed E-state index contributed by atoms with van der Waals surface area (Å²) in [5.74, 6) is 0.225. The Morgan fingerprint density at radius 3 is 2.83 bits per heavy atom. The van der Waals surface area contributed by atoms with Gasteiger partial charge in [0.15, 0.2) is 0 Å². The van der Waals surface area contributed by atoms with Crippen molar-refractivity contribution in [2.24, 2.45) is 5.73 Å². The van der Waals surface area contributed by atoms with Crippen molar-refractivity contribution >= 4 is 17.3 Å². The molecule has 18 heavy (non-hydrogen) atoms. The number of nitrogen functional groups attached to an aromatic ring is 1. The van der Waals surface area contributed by atoms with E-state index in [0.29, 0.717) is 23.5 Å². The van der Waals surface area contributed by atoms with Crippen molar-refractivity contribution in [3.05, 3.63) is 41.3 Å². The van der Waals surface area contributed by atoms with E-state index in [1.807, 2.05) is 13.0 Å². The van der Waals surface area contributed by atoms with E-state index < -0.39 is 5.91 Å². The van der Waals surface area contributed by atoms with Crippen LogP contribution in [0.25, 0.3) is 0 Å². The third kappa shape index (κ3) is 2.60. The monoisotopic (exact) mass is 246 g/mol. The molecule has 0 saturated carbocycles. The van der Waals surface area contributed by atoms with Crippen LogP contribution in [0.5, 0.6) is 0 Å². The van der Waals surface area contributed by atoms with E-state index in [0.717, 1.165) is 11.5 Å². The number of primary amides is 1. The molecule has 0 fully saturated rings. The summed E-state index contributed by atoms with van der Waals surface area (Å²) in [6, 6.07) is 6.69. The predicted molar refractivity (Wildman–Crippen MR) is 67.9 cm³/mol. The van der Waals surface area contributed by atoms with Crippen LogP contribution in [0.3, 0.4) is 0 Å². The summed E-state index contributed by atoms with van der Waals surface area (Å²) in [4.78, 5) is 11.3. The molecule has 2 rings (SSSR count). The fourth-order valence-electron chi connectivity index (χ4n) is 1.61. The Labute approximate surface area is 104 Å². The Kier molecular flexibility index (Phi) is 3.18. The molecule has 0 aliphatic rings. The summed E-state index contributed by atoms with van der Waals surface area (Å²) in [7, 11) is 0. The maximum Gasteiger partial charge on any atom is 0.250 e. The van der Waals surface area contributed by atoms with Crippen molar-refractivity contribution in [3.8, 4) is 0 Å². The minimum Gasteiger partial charge on any atom is -0.399 e.